The minimum atomic E-state index is 0.116. The fourth-order valence-corrected chi connectivity index (χ4v) is 3.15. The summed E-state index contributed by atoms with van der Waals surface area (Å²) < 4.78 is 10.4. The molecule has 0 bridgehead atoms. The maximum atomic E-state index is 6.26. The highest BCUT2D eigenvalue weighted by Gasteiger charge is 2.26. The zero-order chi connectivity index (χ0) is 16.9. The minimum Gasteiger partial charge on any atom is -0.377 e. The predicted molar refractivity (Wildman–Crippen MR) is 91.7 cm³/mol. The van der Waals surface area contributed by atoms with E-state index >= 15 is 0 Å². The van der Waals surface area contributed by atoms with Crippen LogP contribution in [-0.2, 0) is 17.9 Å². The summed E-state index contributed by atoms with van der Waals surface area (Å²) in [4.78, 5) is 9.19. The van der Waals surface area contributed by atoms with Gasteiger partial charge in [-0.15, -0.1) is 0 Å². The number of rotatable bonds is 6. The molecule has 0 radical (unpaired) electrons. The zero-order valence-electron chi connectivity index (χ0n) is 14.1. The molecule has 1 aliphatic rings. The van der Waals surface area contributed by atoms with Crippen LogP contribution in [0.5, 0.6) is 0 Å². The molecule has 24 heavy (non-hydrogen) atoms. The van der Waals surface area contributed by atoms with E-state index in [0.29, 0.717) is 18.3 Å². The standard InChI is InChI=1S/C17H23ClN4O2/c1-13(17-19-16(12-23-2)20-24-17)22-9-7-21(8-10-22)11-14-5-3-4-6-15(14)18/h3-6,13H,7-12H2,1-2H3. The van der Waals surface area contributed by atoms with Gasteiger partial charge in [0.1, 0.15) is 6.61 Å². The minimum absolute atomic E-state index is 0.116. The average molecular weight is 351 g/mol. The van der Waals surface area contributed by atoms with Crippen LogP contribution in [0.2, 0.25) is 5.02 Å². The van der Waals surface area contributed by atoms with E-state index in [1.54, 1.807) is 7.11 Å². The van der Waals surface area contributed by atoms with Crippen LogP contribution in [0.3, 0.4) is 0 Å². The molecule has 1 saturated heterocycles. The van der Waals surface area contributed by atoms with Gasteiger partial charge in [-0.25, -0.2) is 0 Å². The second-order valence-electron chi connectivity index (χ2n) is 6.06. The highest BCUT2D eigenvalue weighted by molar-refractivity contribution is 6.31. The van der Waals surface area contributed by atoms with Crippen LogP contribution >= 0.6 is 11.6 Å². The smallest absolute Gasteiger partial charge is 0.243 e. The molecule has 1 atom stereocenters. The van der Waals surface area contributed by atoms with Crippen molar-refractivity contribution in [1.29, 1.82) is 0 Å². The number of piperazine rings is 1. The normalized spacial score (nSPS) is 18.0. The molecule has 7 heteroatoms. The van der Waals surface area contributed by atoms with Gasteiger partial charge in [0.2, 0.25) is 5.89 Å². The molecule has 0 N–H and O–H groups in total. The molecule has 0 aliphatic carbocycles. The van der Waals surface area contributed by atoms with Crippen molar-refractivity contribution in [3.63, 3.8) is 0 Å². The Balaban J connectivity index is 1.53. The molecule has 0 saturated carbocycles. The Bertz CT molecular complexity index is 656. The molecule has 0 spiro atoms. The lowest BCUT2D eigenvalue weighted by atomic mass is 10.1. The summed E-state index contributed by atoms with van der Waals surface area (Å²) in [6, 6.07) is 8.15. The van der Waals surface area contributed by atoms with Crippen molar-refractivity contribution in [2.75, 3.05) is 33.3 Å². The van der Waals surface area contributed by atoms with Crippen molar-refractivity contribution in [3.8, 4) is 0 Å². The molecule has 1 aliphatic heterocycles. The first-order chi connectivity index (χ1) is 11.7. The quantitative estimate of drug-likeness (QED) is 0.798. The van der Waals surface area contributed by atoms with E-state index in [-0.39, 0.29) is 6.04 Å². The molecule has 130 valence electrons. The summed E-state index contributed by atoms with van der Waals surface area (Å²) >= 11 is 6.26. The van der Waals surface area contributed by atoms with Crippen LogP contribution in [-0.4, -0.2) is 53.2 Å². The molecule has 3 rings (SSSR count). The van der Waals surface area contributed by atoms with Crippen molar-refractivity contribution >= 4 is 11.6 Å². The van der Waals surface area contributed by atoms with E-state index in [0.717, 1.165) is 37.7 Å². The van der Waals surface area contributed by atoms with Gasteiger partial charge >= 0.3 is 0 Å². The van der Waals surface area contributed by atoms with E-state index in [4.69, 9.17) is 20.9 Å². The van der Waals surface area contributed by atoms with E-state index < -0.39 is 0 Å². The molecule has 1 fully saturated rings. The van der Waals surface area contributed by atoms with Gasteiger partial charge in [-0.1, -0.05) is 35.0 Å². The highest BCUT2D eigenvalue weighted by Crippen LogP contribution is 2.22. The van der Waals surface area contributed by atoms with E-state index in [9.17, 15) is 0 Å². The fraction of sp³-hybridized carbons (Fsp3) is 0.529. The third kappa shape index (κ3) is 4.13. The van der Waals surface area contributed by atoms with Gasteiger partial charge in [0, 0.05) is 44.9 Å². The Morgan fingerprint density at radius 2 is 2.00 bits per heavy atom. The Morgan fingerprint density at radius 1 is 1.25 bits per heavy atom. The van der Waals surface area contributed by atoms with Gasteiger partial charge < -0.3 is 9.26 Å². The molecule has 1 unspecified atom stereocenters. The van der Waals surface area contributed by atoms with E-state index in [2.05, 4.69) is 32.9 Å². The summed E-state index contributed by atoms with van der Waals surface area (Å²) in [6.45, 7) is 7.29. The number of ether oxygens (including phenoxy) is 1. The lowest BCUT2D eigenvalue weighted by Crippen LogP contribution is -2.46. The average Bonchev–Trinajstić information content (AvgIpc) is 3.06. The van der Waals surface area contributed by atoms with Gasteiger partial charge in [-0.2, -0.15) is 4.98 Å². The molecule has 6 nitrogen and oxygen atoms in total. The second-order valence-corrected chi connectivity index (χ2v) is 6.47. The zero-order valence-corrected chi connectivity index (χ0v) is 14.9. The van der Waals surface area contributed by atoms with Crippen molar-refractivity contribution in [2.45, 2.75) is 26.1 Å². The molecular formula is C17H23ClN4O2. The van der Waals surface area contributed by atoms with Crippen LogP contribution < -0.4 is 0 Å². The Hall–Kier alpha value is -1.47. The number of hydrogen-bond acceptors (Lipinski definition) is 6. The maximum Gasteiger partial charge on any atom is 0.243 e. The van der Waals surface area contributed by atoms with Gasteiger partial charge in [-0.05, 0) is 18.6 Å². The van der Waals surface area contributed by atoms with Crippen LogP contribution in [0.4, 0.5) is 0 Å². The first-order valence-corrected chi connectivity index (χ1v) is 8.56. The monoisotopic (exact) mass is 350 g/mol. The van der Waals surface area contributed by atoms with Crippen LogP contribution in [0.25, 0.3) is 0 Å². The number of benzene rings is 1. The summed E-state index contributed by atoms with van der Waals surface area (Å²) in [5.74, 6) is 1.25. The molecule has 1 aromatic carbocycles. The maximum absolute atomic E-state index is 6.26. The molecule has 2 aromatic rings. The molecule has 0 amide bonds. The predicted octanol–water partition coefficient (Wildman–Crippen LogP) is 2.75. The molecule has 1 aromatic heterocycles. The fourth-order valence-electron chi connectivity index (χ4n) is 2.96. The van der Waals surface area contributed by atoms with Gasteiger partial charge in [-0.3, -0.25) is 9.80 Å². The number of hydrogen-bond donors (Lipinski definition) is 0. The molecular weight excluding hydrogens is 328 g/mol. The van der Waals surface area contributed by atoms with Crippen LogP contribution in [0, 0.1) is 0 Å². The van der Waals surface area contributed by atoms with Gasteiger partial charge in [0.15, 0.2) is 5.82 Å². The topological polar surface area (TPSA) is 54.6 Å². The Kier molecular flexibility index (Phi) is 5.84. The summed E-state index contributed by atoms with van der Waals surface area (Å²) in [5, 5.41) is 4.78. The van der Waals surface area contributed by atoms with Gasteiger partial charge in [0.25, 0.3) is 0 Å². The number of aromatic nitrogens is 2. The first kappa shape index (κ1) is 17.4. The third-order valence-corrected chi connectivity index (χ3v) is 4.79. The first-order valence-electron chi connectivity index (χ1n) is 8.18. The lowest BCUT2D eigenvalue weighted by molar-refractivity contribution is 0.0845. The van der Waals surface area contributed by atoms with Crippen molar-refractivity contribution in [3.05, 3.63) is 46.6 Å². The highest BCUT2D eigenvalue weighted by atomic mass is 35.5. The van der Waals surface area contributed by atoms with E-state index in [1.165, 1.54) is 5.56 Å². The number of halogens is 1. The number of nitrogens with zero attached hydrogens (tertiary/aromatic N) is 4. The van der Waals surface area contributed by atoms with Crippen molar-refractivity contribution in [1.82, 2.24) is 19.9 Å². The summed E-state index contributed by atoms with van der Waals surface area (Å²) in [5.41, 5.74) is 1.18. The SMILES string of the molecule is COCc1noc(C(C)N2CCN(Cc3ccccc3Cl)CC2)n1. The largest absolute Gasteiger partial charge is 0.377 e. The second kappa shape index (κ2) is 8.07. The lowest BCUT2D eigenvalue weighted by Gasteiger charge is -2.36. The van der Waals surface area contributed by atoms with E-state index in [1.807, 2.05) is 18.2 Å². The van der Waals surface area contributed by atoms with Crippen molar-refractivity contribution < 1.29 is 9.26 Å². The van der Waals surface area contributed by atoms with Gasteiger partial charge in [0.05, 0.1) is 6.04 Å². The summed E-state index contributed by atoms with van der Waals surface area (Å²) in [7, 11) is 1.62. The van der Waals surface area contributed by atoms with Crippen molar-refractivity contribution in [2.24, 2.45) is 0 Å². The Morgan fingerprint density at radius 3 is 2.71 bits per heavy atom. The number of methoxy groups -OCH3 is 1. The van der Waals surface area contributed by atoms with Crippen LogP contribution in [0.15, 0.2) is 28.8 Å². The van der Waals surface area contributed by atoms with Crippen LogP contribution in [0.1, 0.15) is 30.2 Å². The molecule has 2 heterocycles. The summed E-state index contributed by atoms with van der Waals surface area (Å²) in [6.07, 6.45) is 0. The Labute approximate surface area is 147 Å². The third-order valence-electron chi connectivity index (χ3n) is 4.42.